The second-order valence-corrected chi connectivity index (χ2v) is 7.50. The van der Waals surface area contributed by atoms with E-state index in [-0.39, 0.29) is 18.4 Å². The van der Waals surface area contributed by atoms with Gasteiger partial charge in [0.15, 0.2) is 0 Å². The van der Waals surface area contributed by atoms with Crippen LogP contribution in [0.2, 0.25) is 0 Å². The van der Waals surface area contributed by atoms with Crippen LogP contribution in [-0.2, 0) is 11.3 Å². The third-order valence-corrected chi connectivity index (χ3v) is 5.33. The van der Waals surface area contributed by atoms with Gasteiger partial charge in [0.2, 0.25) is 5.91 Å². The zero-order valence-corrected chi connectivity index (χ0v) is 17.8. The molecule has 0 fully saturated rings. The first kappa shape index (κ1) is 21.5. The molecule has 0 aliphatic heterocycles. The van der Waals surface area contributed by atoms with Gasteiger partial charge in [0.25, 0.3) is 5.91 Å². The molecule has 0 aliphatic carbocycles. The fourth-order valence-electron chi connectivity index (χ4n) is 2.93. The van der Waals surface area contributed by atoms with E-state index in [9.17, 15) is 9.59 Å². The number of nitrogens with one attached hydrogen (secondary N) is 2. The molecule has 0 unspecified atom stereocenters. The molecule has 3 aromatic carbocycles. The molecule has 5 nitrogen and oxygen atoms in total. The van der Waals surface area contributed by atoms with Crippen LogP contribution in [0.1, 0.15) is 15.9 Å². The van der Waals surface area contributed by atoms with E-state index in [0.717, 1.165) is 22.4 Å². The van der Waals surface area contributed by atoms with E-state index >= 15 is 0 Å². The highest BCUT2D eigenvalue weighted by Crippen LogP contribution is 2.23. The Balaban J connectivity index is 1.54. The van der Waals surface area contributed by atoms with E-state index in [0.29, 0.717) is 12.1 Å². The van der Waals surface area contributed by atoms with Crippen LogP contribution < -0.4 is 15.4 Å². The summed E-state index contributed by atoms with van der Waals surface area (Å²) in [6.45, 7) is 0.281. The van der Waals surface area contributed by atoms with Gasteiger partial charge in [-0.1, -0.05) is 36.4 Å². The van der Waals surface area contributed by atoms with Gasteiger partial charge >= 0.3 is 0 Å². The third kappa shape index (κ3) is 5.87. The van der Waals surface area contributed by atoms with Crippen LogP contribution in [0.5, 0.6) is 5.75 Å². The molecule has 0 radical (unpaired) electrons. The monoisotopic (exact) mass is 420 g/mol. The molecule has 30 heavy (non-hydrogen) atoms. The summed E-state index contributed by atoms with van der Waals surface area (Å²) in [6, 6.07) is 23.0. The van der Waals surface area contributed by atoms with Crippen molar-refractivity contribution < 1.29 is 14.3 Å². The minimum absolute atomic E-state index is 0.0878. The van der Waals surface area contributed by atoms with Crippen LogP contribution in [0.3, 0.4) is 0 Å². The number of carbonyl (C=O) groups is 2. The Morgan fingerprint density at radius 1 is 0.900 bits per heavy atom. The van der Waals surface area contributed by atoms with Crippen molar-refractivity contribution in [3.05, 3.63) is 83.9 Å². The van der Waals surface area contributed by atoms with Crippen molar-refractivity contribution in [1.29, 1.82) is 0 Å². The maximum absolute atomic E-state index is 12.5. The SMILES string of the molecule is COc1cccc(CNC(=O)CNC(=O)c2cccc(-c3ccc(SC)cc3)c2)c1. The summed E-state index contributed by atoms with van der Waals surface area (Å²) in [7, 11) is 1.60. The van der Waals surface area contributed by atoms with E-state index in [2.05, 4.69) is 22.8 Å². The minimum atomic E-state index is -0.283. The summed E-state index contributed by atoms with van der Waals surface area (Å²) in [5, 5.41) is 5.47. The molecule has 154 valence electrons. The number of thioether (sulfide) groups is 1. The zero-order valence-electron chi connectivity index (χ0n) is 17.0. The second kappa shape index (κ2) is 10.5. The smallest absolute Gasteiger partial charge is 0.251 e. The number of methoxy groups -OCH3 is 1. The van der Waals surface area contributed by atoms with E-state index in [1.807, 2.05) is 60.9 Å². The number of benzene rings is 3. The van der Waals surface area contributed by atoms with Gasteiger partial charge in [0.05, 0.1) is 13.7 Å². The van der Waals surface area contributed by atoms with Gasteiger partial charge in [-0.25, -0.2) is 0 Å². The predicted molar refractivity (Wildman–Crippen MR) is 121 cm³/mol. The summed E-state index contributed by atoms with van der Waals surface area (Å²) >= 11 is 1.69. The van der Waals surface area contributed by atoms with Gasteiger partial charge in [-0.05, 0) is 59.3 Å². The lowest BCUT2D eigenvalue weighted by atomic mass is 10.0. The Hall–Kier alpha value is -3.25. The van der Waals surface area contributed by atoms with E-state index in [1.165, 1.54) is 4.90 Å². The zero-order chi connectivity index (χ0) is 21.3. The highest BCUT2D eigenvalue weighted by molar-refractivity contribution is 7.98. The summed E-state index contributed by atoms with van der Waals surface area (Å²) in [5.41, 5.74) is 3.44. The average Bonchev–Trinajstić information content (AvgIpc) is 2.81. The van der Waals surface area contributed by atoms with Crippen molar-refractivity contribution >= 4 is 23.6 Å². The highest BCUT2D eigenvalue weighted by atomic mass is 32.2. The van der Waals surface area contributed by atoms with E-state index in [4.69, 9.17) is 4.74 Å². The van der Waals surface area contributed by atoms with Crippen LogP contribution in [0, 0.1) is 0 Å². The molecule has 2 amide bonds. The lowest BCUT2D eigenvalue weighted by molar-refractivity contribution is -0.120. The maximum atomic E-state index is 12.5. The first-order valence-corrected chi connectivity index (χ1v) is 10.7. The molecule has 0 heterocycles. The Morgan fingerprint density at radius 3 is 2.40 bits per heavy atom. The lowest BCUT2D eigenvalue weighted by Gasteiger charge is -2.09. The van der Waals surface area contributed by atoms with Gasteiger partial charge in [-0.2, -0.15) is 0 Å². The molecular weight excluding hydrogens is 396 g/mol. The predicted octanol–water partition coefficient (Wildman–Crippen LogP) is 4.13. The number of rotatable bonds is 8. The second-order valence-electron chi connectivity index (χ2n) is 6.62. The molecule has 0 bridgehead atoms. The quantitative estimate of drug-likeness (QED) is 0.538. The van der Waals surface area contributed by atoms with Crippen molar-refractivity contribution in [2.24, 2.45) is 0 Å². The Bertz CT molecular complexity index is 1020. The van der Waals surface area contributed by atoms with Crippen molar-refractivity contribution in [1.82, 2.24) is 10.6 Å². The average molecular weight is 421 g/mol. The standard InChI is InChI=1S/C24H24N2O3S/c1-29-21-8-3-5-17(13-21)15-25-23(27)16-26-24(28)20-7-4-6-19(14-20)18-9-11-22(30-2)12-10-18/h3-14H,15-16H2,1-2H3,(H,25,27)(H,26,28). The normalized spacial score (nSPS) is 10.3. The molecule has 0 spiro atoms. The number of hydrogen-bond donors (Lipinski definition) is 2. The fraction of sp³-hybridized carbons (Fsp3) is 0.167. The van der Waals surface area contributed by atoms with Gasteiger partial charge in [-0.3, -0.25) is 9.59 Å². The molecule has 0 atom stereocenters. The van der Waals surface area contributed by atoms with Gasteiger partial charge in [-0.15, -0.1) is 11.8 Å². The molecular formula is C24H24N2O3S. The van der Waals surface area contributed by atoms with Crippen molar-refractivity contribution in [2.75, 3.05) is 19.9 Å². The van der Waals surface area contributed by atoms with Crippen LogP contribution in [0.25, 0.3) is 11.1 Å². The summed E-state index contributed by atoms with van der Waals surface area (Å²) < 4.78 is 5.17. The molecule has 0 aliphatic rings. The van der Waals surface area contributed by atoms with Crippen molar-refractivity contribution in [2.45, 2.75) is 11.4 Å². The molecule has 2 N–H and O–H groups in total. The maximum Gasteiger partial charge on any atom is 0.251 e. The van der Waals surface area contributed by atoms with Crippen LogP contribution in [0.4, 0.5) is 0 Å². The Labute approximate surface area is 180 Å². The Kier molecular flexibility index (Phi) is 7.51. The molecule has 3 aromatic rings. The molecule has 6 heteroatoms. The first-order chi connectivity index (χ1) is 14.6. The molecule has 0 saturated carbocycles. The van der Waals surface area contributed by atoms with Crippen LogP contribution >= 0.6 is 11.8 Å². The summed E-state index contributed by atoms with van der Waals surface area (Å²) in [6.07, 6.45) is 2.03. The summed E-state index contributed by atoms with van der Waals surface area (Å²) in [5.74, 6) is 0.196. The molecule has 0 aromatic heterocycles. The minimum Gasteiger partial charge on any atom is -0.497 e. The summed E-state index contributed by atoms with van der Waals surface area (Å²) in [4.78, 5) is 25.8. The lowest BCUT2D eigenvalue weighted by Crippen LogP contribution is -2.36. The first-order valence-electron chi connectivity index (χ1n) is 9.51. The highest BCUT2D eigenvalue weighted by Gasteiger charge is 2.09. The van der Waals surface area contributed by atoms with E-state index in [1.54, 1.807) is 24.9 Å². The third-order valence-electron chi connectivity index (χ3n) is 4.58. The topological polar surface area (TPSA) is 67.4 Å². The van der Waals surface area contributed by atoms with Gasteiger partial charge in [0, 0.05) is 17.0 Å². The number of amides is 2. The largest absolute Gasteiger partial charge is 0.497 e. The van der Waals surface area contributed by atoms with Crippen molar-refractivity contribution in [3.63, 3.8) is 0 Å². The Morgan fingerprint density at radius 2 is 1.67 bits per heavy atom. The van der Waals surface area contributed by atoms with E-state index < -0.39 is 0 Å². The van der Waals surface area contributed by atoms with Crippen LogP contribution in [0.15, 0.2) is 77.7 Å². The van der Waals surface area contributed by atoms with Gasteiger partial charge in [0.1, 0.15) is 5.75 Å². The van der Waals surface area contributed by atoms with Gasteiger partial charge < -0.3 is 15.4 Å². The number of carbonyl (C=O) groups excluding carboxylic acids is 2. The molecule has 0 saturated heterocycles. The molecule has 3 rings (SSSR count). The number of hydrogen-bond acceptors (Lipinski definition) is 4. The van der Waals surface area contributed by atoms with Crippen molar-refractivity contribution in [3.8, 4) is 16.9 Å². The fourth-order valence-corrected chi connectivity index (χ4v) is 3.34. The van der Waals surface area contributed by atoms with Crippen LogP contribution in [-0.4, -0.2) is 31.7 Å². The number of ether oxygens (including phenoxy) is 1.